The Bertz CT molecular complexity index is 431. The fraction of sp³-hybridized carbons (Fsp3) is 0.400. The van der Waals surface area contributed by atoms with Gasteiger partial charge in [0.15, 0.2) is 0 Å². The van der Waals surface area contributed by atoms with E-state index in [1.54, 1.807) is 6.07 Å². The molecule has 1 aliphatic rings. The van der Waals surface area contributed by atoms with E-state index in [2.05, 4.69) is 15.9 Å². The minimum atomic E-state index is -0.918. The van der Waals surface area contributed by atoms with Gasteiger partial charge in [-0.1, -0.05) is 0 Å². The predicted octanol–water partition coefficient (Wildman–Crippen LogP) is 2.20. The normalized spacial score (nSPS) is 20.1. The summed E-state index contributed by atoms with van der Waals surface area (Å²) in [6.07, 6.45) is 1.30. The number of hydrogen-bond acceptors (Lipinski definition) is 3. The molecule has 6 heteroatoms. The van der Waals surface area contributed by atoms with Crippen LogP contribution in [0.15, 0.2) is 15.9 Å². The molecule has 0 spiro atoms. The van der Waals surface area contributed by atoms with Crippen molar-refractivity contribution in [1.82, 2.24) is 4.90 Å². The number of carboxylic acid groups (broad SMARTS) is 1. The van der Waals surface area contributed by atoms with Crippen LogP contribution in [0.2, 0.25) is 0 Å². The van der Waals surface area contributed by atoms with Crippen LogP contribution in [-0.4, -0.2) is 34.5 Å². The van der Waals surface area contributed by atoms with Gasteiger partial charge in [0, 0.05) is 11.0 Å². The molecule has 16 heavy (non-hydrogen) atoms. The molecule has 1 N–H and O–H groups in total. The van der Waals surface area contributed by atoms with Gasteiger partial charge in [0.2, 0.25) is 0 Å². The molecule has 1 aliphatic heterocycles. The third-order valence-electron chi connectivity index (χ3n) is 2.61. The number of rotatable bonds is 2. The maximum Gasteiger partial charge on any atom is 0.326 e. The van der Waals surface area contributed by atoms with Crippen LogP contribution < -0.4 is 0 Å². The molecule has 1 atom stereocenters. The van der Waals surface area contributed by atoms with Gasteiger partial charge in [0.05, 0.1) is 0 Å². The van der Waals surface area contributed by atoms with Gasteiger partial charge in [-0.25, -0.2) is 4.79 Å². The Labute approximate surface area is 105 Å². The highest BCUT2D eigenvalue weighted by molar-refractivity contribution is 9.10. The molecule has 1 fully saturated rings. The standard InChI is InChI=1S/C10H10BrNO3S/c11-6-3-5-16-8(6)9(13)12-4-1-2-7(12)10(14)15/h3,5,7H,1-2,4H2,(H,14,15). The van der Waals surface area contributed by atoms with E-state index in [4.69, 9.17) is 5.11 Å². The molecule has 1 saturated heterocycles. The maximum absolute atomic E-state index is 12.1. The third kappa shape index (κ3) is 1.99. The zero-order chi connectivity index (χ0) is 11.7. The van der Waals surface area contributed by atoms with E-state index in [1.807, 2.05) is 5.38 Å². The number of carboxylic acids is 1. The van der Waals surface area contributed by atoms with Gasteiger partial charge in [0.1, 0.15) is 10.9 Å². The van der Waals surface area contributed by atoms with Crippen molar-refractivity contribution in [3.05, 3.63) is 20.8 Å². The van der Waals surface area contributed by atoms with E-state index in [9.17, 15) is 9.59 Å². The molecule has 0 bridgehead atoms. The van der Waals surface area contributed by atoms with Crippen molar-refractivity contribution in [3.8, 4) is 0 Å². The van der Waals surface area contributed by atoms with Gasteiger partial charge in [-0.2, -0.15) is 0 Å². The lowest BCUT2D eigenvalue weighted by atomic mass is 10.2. The Morgan fingerprint density at radius 3 is 2.88 bits per heavy atom. The molecule has 0 aromatic carbocycles. The van der Waals surface area contributed by atoms with E-state index < -0.39 is 12.0 Å². The first-order valence-corrected chi connectivity index (χ1v) is 6.55. The second-order valence-corrected chi connectivity index (χ2v) is 5.36. The Morgan fingerprint density at radius 1 is 1.56 bits per heavy atom. The lowest BCUT2D eigenvalue weighted by Gasteiger charge is -2.20. The maximum atomic E-state index is 12.1. The van der Waals surface area contributed by atoms with Crippen LogP contribution in [0.1, 0.15) is 22.5 Å². The zero-order valence-electron chi connectivity index (χ0n) is 8.35. The SMILES string of the molecule is O=C(O)C1CCCN1C(=O)c1sccc1Br. The first kappa shape index (κ1) is 11.6. The first-order chi connectivity index (χ1) is 7.61. The van der Waals surface area contributed by atoms with E-state index >= 15 is 0 Å². The topological polar surface area (TPSA) is 57.6 Å². The predicted molar refractivity (Wildman–Crippen MR) is 63.7 cm³/mol. The van der Waals surface area contributed by atoms with Gasteiger partial charge < -0.3 is 10.0 Å². The molecule has 4 nitrogen and oxygen atoms in total. The van der Waals surface area contributed by atoms with Crippen LogP contribution in [0.5, 0.6) is 0 Å². The third-order valence-corrected chi connectivity index (χ3v) is 4.44. The molecule has 1 aromatic heterocycles. The number of hydrogen-bond donors (Lipinski definition) is 1. The molecule has 1 unspecified atom stereocenters. The average molecular weight is 304 g/mol. The van der Waals surface area contributed by atoms with Crippen LogP contribution in [0.3, 0.4) is 0 Å². The molecule has 0 saturated carbocycles. The summed E-state index contributed by atoms with van der Waals surface area (Å²) in [5.41, 5.74) is 0. The second kappa shape index (κ2) is 4.55. The Hall–Kier alpha value is -0.880. The molecule has 1 aromatic rings. The molecular weight excluding hydrogens is 294 g/mol. The number of aliphatic carboxylic acids is 1. The second-order valence-electron chi connectivity index (χ2n) is 3.59. The van der Waals surface area contributed by atoms with Gasteiger partial charge >= 0.3 is 5.97 Å². The van der Waals surface area contributed by atoms with Crippen molar-refractivity contribution >= 4 is 39.1 Å². The van der Waals surface area contributed by atoms with Crippen LogP contribution in [0.4, 0.5) is 0 Å². The van der Waals surface area contributed by atoms with Crippen molar-refractivity contribution in [2.45, 2.75) is 18.9 Å². The van der Waals surface area contributed by atoms with Crippen molar-refractivity contribution in [3.63, 3.8) is 0 Å². The number of thiophene rings is 1. The number of nitrogens with zero attached hydrogens (tertiary/aromatic N) is 1. The van der Waals surface area contributed by atoms with E-state index in [-0.39, 0.29) is 5.91 Å². The number of carbonyl (C=O) groups is 2. The summed E-state index contributed by atoms with van der Waals surface area (Å²) >= 11 is 4.61. The van der Waals surface area contributed by atoms with E-state index in [1.165, 1.54) is 16.2 Å². The van der Waals surface area contributed by atoms with Crippen LogP contribution in [-0.2, 0) is 4.79 Å². The van der Waals surface area contributed by atoms with Crippen molar-refractivity contribution in [2.24, 2.45) is 0 Å². The largest absolute Gasteiger partial charge is 0.480 e. The van der Waals surface area contributed by atoms with E-state index in [0.717, 1.165) is 10.9 Å². The molecule has 2 rings (SSSR count). The number of halogens is 1. The Balaban J connectivity index is 2.22. The molecular formula is C10H10BrNO3S. The van der Waals surface area contributed by atoms with Crippen LogP contribution in [0, 0.1) is 0 Å². The molecule has 1 amide bonds. The van der Waals surface area contributed by atoms with Gasteiger partial charge in [-0.05, 0) is 40.2 Å². The molecule has 2 heterocycles. The van der Waals surface area contributed by atoms with Crippen LogP contribution >= 0.6 is 27.3 Å². The Morgan fingerprint density at radius 2 is 2.31 bits per heavy atom. The lowest BCUT2D eigenvalue weighted by Crippen LogP contribution is -2.40. The fourth-order valence-corrected chi connectivity index (χ4v) is 3.34. The fourth-order valence-electron chi connectivity index (χ4n) is 1.84. The first-order valence-electron chi connectivity index (χ1n) is 4.88. The number of amides is 1. The number of likely N-dealkylation sites (tertiary alicyclic amines) is 1. The van der Waals surface area contributed by atoms with Gasteiger partial charge in [-0.15, -0.1) is 11.3 Å². The molecule has 0 radical (unpaired) electrons. The van der Waals surface area contributed by atoms with E-state index in [0.29, 0.717) is 17.8 Å². The minimum Gasteiger partial charge on any atom is -0.480 e. The van der Waals surface area contributed by atoms with Crippen molar-refractivity contribution in [2.75, 3.05) is 6.54 Å². The van der Waals surface area contributed by atoms with Gasteiger partial charge in [-0.3, -0.25) is 4.79 Å². The summed E-state index contributed by atoms with van der Waals surface area (Å²) < 4.78 is 0.735. The zero-order valence-corrected chi connectivity index (χ0v) is 10.8. The average Bonchev–Trinajstić information content (AvgIpc) is 2.84. The van der Waals surface area contributed by atoms with Crippen molar-refractivity contribution in [1.29, 1.82) is 0 Å². The summed E-state index contributed by atoms with van der Waals surface area (Å²) in [4.78, 5) is 25.1. The monoisotopic (exact) mass is 303 g/mol. The minimum absolute atomic E-state index is 0.188. The summed E-state index contributed by atoms with van der Waals surface area (Å²) in [6.45, 7) is 0.528. The summed E-state index contributed by atoms with van der Waals surface area (Å²) in [5, 5.41) is 10.8. The van der Waals surface area contributed by atoms with Gasteiger partial charge in [0.25, 0.3) is 5.91 Å². The summed E-state index contributed by atoms with van der Waals surface area (Å²) in [6, 6.07) is 1.13. The quantitative estimate of drug-likeness (QED) is 0.911. The number of carbonyl (C=O) groups excluding carboxylic acids is 1. The molecule has 86 valence electrons. The lowest BCUT2D eigenvalue weighted by molar-refractivity contribution is -0.141. The highest BCUT2D eigenvalue weighted by Crippen LogP contribution is 2.27. The van der Waals surface area contributed by atoms with Crippen LogP contribution in [0.25, 0.3) is 0 Å². The highest BCUT2D eigenvalue weighted by Gasteiger charge is 2.35. The smallest absolute Gasteiger partial charge is 0.326 e. The van der Waals surface area contributed by atoms with Crippen molar-refractivity contribution < 1.29 is 14.7 Å². The highest BCUT2D eigenvalue weighted by atomic mass is 79.9. The molecule has 0 aliphatic carbocycles. The Kier molecular flexibility index (Phi) is 3.30. The summed E-state index contributed by atoms with van der Waals surface area (Å²) in [5.74, 6) is -1.11. The summed E-state index contributed by atoms with van der Waals surface area (Å²) in [7, 11) is 0.